The summed E-state index contributed by atoms with van der Waals surface area (Å²) in [5.74, 6) is 0. The second-order valence-electron chi connectivity index (χ2n) is 8.04. The lowest BCUT2D eigenvalue weighted by atomic mass is 9.97. The van der Waals surface area contributed by atoms with Crippen molar-refractivity contribution in [1.29, 1.82) is 0 Å². The molecular formula is C14H26Br2O6P2. The van der Waals surface area contributed by atoms with Gasteiger partial charge in [-0.25, -0.2) is 0 Å². The quantitative estimate of drug-likeness (QED) is 0.380. The van der Waals surface area contributed by atoms with Crippen molar-refractivity contribution >= 4 is 47.1 Å². The fourth-order valence-corrected chi connectivity index (χ4v) is 9.32. The van der Waals surface area contributed by atoms with Crippen molar-refractivity contribution < 1.29 is 27.2 Å². The molecule has 24 heavy (non-hydrogen) atoms. The van der Waals surface area contributed by atoms with Gasteiger partial charge in [0.25, 0.3) is 0 Å². The van der Waals surface area contributed by atoms with E-state index in [0.717, 1.165) is 0 Å². The zero-order valence-electron chi connectivity index (χ0n) is 14.5. The zero-order valence-corrected chi connectivity index (χ0v) is 19.5. The number of alkyl halides is 2. The molecule has 0 spiro atoms. The fourth-order valence-electron chi connectivity index (χ4n) is 2.12. The van der Waals surface area contributed by atoms with Crippen LogP contribution in [0.2, 0.25) is 0 Å². The molecular weight excluding hydrogens is 486 g/mol. The van der Waals surface area contributed by atoms with Crippen LogP contribution in [-0.2, 0) is 27.2 Å². The van der Waals surface area contributed by atoms with Gasteiger partial charge in [-0.2, -0.15) is 0 Å². The molecule has 2 unspecified atom stereocenters. The third kappa shape index (κ3) is 6.16. The van der Waals surface area contributed by atoms with Crippen LogP contribution in [0.25, 0.3) is 0 Å². The highest BCUT2D eigenvalue weighted by atomic mass is 79.9. The summed E-state index contributed by atoms with van der Waals surface area (Å²) in [4.78, 5) is -0.477. The van der Waals surface area contributed by atoms with Gasteiger partial charge < -0.3 is 18.1 Å². The number of hydrogen-bond acceptors (Lipinski definition) is 6. The van der Waals surface area contributed by atoms with Crippen LogP contribution in [0.4, 0.5) is 0 Å². The Labute approximate surface area is 161 Å². The van der Waals surface area contributed by atoms with Crippen LogP contribution in [0.3, 0.4) is 0 Å². The lowest BCUT2D eigenvalue weighted by molar-refractivity contribution is 0.0404. The molecule has 0 aliphatic carbocycles. The molecule has 0 aromatic heterocycles. The molecule has 2 saturated heterocycles. The Kier molecular flexibility index (Phi) is 6.93. The third-order valence-corrected chi connectivity index (χ3v) is 11.2. The Hall–Kier alpha value is 1.26. The lowest BCUT2D eigenvalue weighted by Gasteiger charge is -2.36. The van der Waals surface area contributed by atoms with Gasteiger partial charge >= 0.3 is 15.2 Å². The van der Waals surface area contributed by atoms with E-state index in [4.69, 9.17) is 18.1 Å². The second kappa shape index (κ2) is 7.71. The Balaban J connectivity index is 1.87. The predicted octanol–water partition coefficient (Wildman–Crippen LogP) is 5.05. The van der Waals surface area contributed by atoms with E-state index in [1.807, 2.05) is 27.7 Å². The maximum Gasteiger partial charge on any atom is 0.331 e. The monoisotopic (exact) mass is 510 g/mol. The summed E-state index contributed by atoms with van der Waals surface area (Å²) in [6, 6.07) is 0. The molecule has 2 heterocycles. The van der Waals surface area contributed by atoms with Crippen LogP contribution in [0.5, 0.6) is 0 Å². The number of hydrogen-bond donors (Lipinski definition) is 0. The highest BCUT2D eigenvalue weighted by Crippen LogP contribution is 2.58. The van der Waals surface area contributed by atoms with Gasteiger partial charge in [-0.1, -0.05) is 59.6 Å². The van der Waals surface area contributed by atoms with E-state index in [2.05, 4.69) is 31.9 Å². The van der Waals surface area contributed by atoms with Crippen molar-refractivity contribution in [3.8, 4) is 0 Å². The van der Waals surface area contributed by atoms with E-state index in [1.54, 1.807) is 0 Å². The molecule has 2 rings (SSSR count). The number of halogens is 2. The highest BCUT2D eigenvalue weighted by molar-refractivity contribution is 9.12. The molecule has 0 radical (unpaired) electrons. The molecule has 0 amide bonds. The van der Waals surface area contributed by atoms with Crippen LogP contribution in [0.15, 0.2) is 0 Å². The second-order valence-corrected chi connectivity index (χ2v) is 14.6. The van der Waals surface area contributed by atoms with Crippen molar-refractivity contribution in [2.75, 3.05) is 38.8 Å². The van der Waals surface area contributed by atoms with Crippen LogP contribution >= 0.6 is 47.1 Å². The van der Waals surface area contributed by atoms with Crippen LogP contribution in [0.1, 0.15) is 27.7 Å². The van der Waals surface area contributed by atoms with E-state index >= 15 is 0 Å². The molecule has 142 valence electrons. The van der Waals surface area contributed by atoms with Crippen LogP contribution in [-0.4, -0.2) is 48.4 Å². The summed E-state index contributed by atoms with van der Waals surface area (Å²) >= 11 is 7.01. The Morgan fingerprint density at radius 1 is 0.750 bits per heavy atom. The van der Waals surface area contributed by atoms with Crippen LogP contribution < -0.4 is 0 Å². The first-order chi connectivity index (χ1) is 10.8. The van der Waals surface area contributed by atoms with Crippen LogP contribution in [0, 0.1) is 10.8 Å². The molecule has 2 aliphatic heterocycles. The molecule has 0 aromatic carbocycles. The van der Waals surface area contributed by atoms with Gasteiger partial charge in [0.2, 0.25) is 0 Å². The summed E-state index contributed by atoms with van der Waals surface area (Å²) in [6.07, 6.45) is 0.398. The average molecular weight is 512 g/mol. The first-order valence-corrected chi connectivity index (χ1v) is 13.2. The zero-order chi connectivity index (χ0) is 18.2. The Morgan fingerprint density at radius 3 is 1.25 bits per heavy atom. The molecule has 2 aliphatic rings. The van der Waals surface area contributed by atoms with E-state index in [0.29, 0.717) is 26.4 Å². The largest absolute Gasteiger partial charge is 0.331 e. The van der Waals surface area contributed by atoms with Crippen molar-refractivity contribution in [2.45, 2.75) is 37.3 Å². The van der Waals surface area contributed by atoms with E-state index < -0.39 is 15.2 Å². The van der Waals surface area contributed by atoms with Gasteiger partial charge in [0, 0.05) is 20.5 Å². The summed E-state index contributed by atoms with van der Waals surface area (Å²) in [5.41, 5.74) is -0.268. The molecule has 2 fully saturated rings. The van der Waals surface area contributed by atoms with Gasteiger partial charge in [-0.15, -0.1) is 0 Å². The van der Waals surface area contributed by atoms with Crippen molar-refractivity contribution in [2.24, 2.45) is 10.8 Å². The van der Waals surface area contributed by atoms with Gasteiger partial charge in [-0.3, -0.25) is 9.13 Å². The van der Waals surface area contributed by atoms with Crippen molar-refractivity contribution in [3.05, 3.63) is 0 Å². The highest BCUT2D eigenvalue weighted by Gasteiger charge is 2.42. The molecule has 0 bridgehead atoms. The maximum atomic E-state index is 12.7. The Morgan fingerprint density at radius 2 is 1.00 bits per heavy atom. The Bertz CT molecular complexity index is 477. The average Bonchev–Trinajstić information content (AvgIpc) is 2.46. The molecule has 6 nitrogen and oxygen atoms in total. The van der Waals surface area contributed by atoms with Gasteiger partial charge in [-0.05, 0) is 0 Å². The minimum Gasteiger partial charge on any atom is -0.308 e. The fraction of sp³-hybridized carbons (Fsp3) is 1.00. The normalized spacial score (nSPS) is 30.4. The van der Waals surface area contributed by atoms with Crippen molar-refractivity contribution in [1.82, 2.24) is 0 Å². The van der Waals surface area contributed by atoms with E-state index in [-0.39, 0.29) is 32.8 Å². The topological polar surface area (TPSA) is 71.1 Å². The summed E-state index contributed by atoms with van der Waals surface area (Å²) < 4.78 is 47.3. The van der Waals surface area contributed by atoms with Gasteiger partial charge in [0.05, 0.1) is 38.8 Å². The predicted molar refractivity (Wildman–Crippen MR) is 102 cm³/mol. The first-order valence-electron chi connectivity index (χ1n) is 7.88. The summed E-state index contributed by atoms with van der Waals surface area (Å²) in [7, 11) is -6.30. The molecule has 10 heteroatoms. The third-order valence-electron chi connectivity index (χ3n) is 3.80. The molecule has 2 atom stereocenters. The minimum atomic E-state index is -3.15. The number of rotatable bonds is 5. The SMILES string of the molecule is CC1(C)COP(=O)(CC(Br)C(Br)CP2(=O)OCC(C)(C)CO2)OC1. The van der Waals surface area contributed by atoms with E-state index in [9.17, 15) is 9.13 Å². The van der Waals surface area contributed by atoms with Gasteiger partial charge in [0.1, 0.15) is 0 Å². The maximum absolute atomic E-state index is 12.7. The van der Waals surface area contributed by atoms with Crippen molar-refractivity contribution in [3.63, 3.8) is 0 Å². The standard InChI is InChI=1S/C14H26Br2O6P2/c1-13(2)7-19-23(17,20-8-13)5-11(15)12(16)6-24(18)21-9-14(3,4)10-22-24/h11-12H,5-10H2,1-4H3. The lowest BCUT2D eigenvalue weighted by Crippen LogP contribution is -2.34. The molecule has 0 saturated carbocycles. The minimum absolute atomic E-state index is 0.134. The summed E-state index contributed by atoms with van der Waals surface area (Å²) in [6.45, 7) is 9.60. The van der Waals surface area contributed by atoms with E-state index in [1.165, 1.54) is 0 Å². The molecule has 0 N–H and O–H groups in total. The van der Waals surface area contributed by atoms with Gasteiger partial charge in [0.15, 0.2) is 0 Å². The molecule has 0 aromatic rings. The smallest absolute Gasteiger partial charge is 0.308 e. The summed E-state index contributed by atoms with van der Waals surface area (Å²) in [5, 5.41) is 0. The first kappa shape index (κ1) is 21.6.